The third kappa shape index (κ3) is 7.20. The van der Waals surface area contributed by atoms with Gasteiger partial charge in [-0.2, -0.15) is 0 Å². The van der Waals surface area contributed by atoms with Crippen molar-refractivity contribution < 1.29 is 23.9 Å². The first-order chi connectivity index (χ1) is 16.5. The standard InChI is InChI=1S/C27H28N2O5/c1-19-11-13-20(14-12-19)17-28-27(32)22-8-4-5-9-23(22)29-25(30)18-34-26(31)16-15-21-7-3-6-10-24(21)33-2/h3-14H,15-18H2,1-2H3,(H,28,32)(H,29,30). The summed E-state index contributed by atoms with van der Waals surface area (Å²) in [4.78, 5) is 37.1. The Labute approximate surface area is 199 Å². The molecule has 0 saturated carbocycles. The minimum Gasteiger partial charge on any atom is -0.496 e. The normalized spacial score (nSPS) is 10.3. The first-order valence-corrected chi connectivity index (χ1v) is 11.0. The van der Waals surface area contributed by atoms with E-state index in [0.717, 1.165) is 16.7 Å². The van der Waals surface area contributed by atoms with Gasteiger partial charge >= 0.3 is 5.97 Å². The van der Waals surface area contributed by atoms with Gasteiger partial charge in [0, 0.05) is 13.0 Å². The SMILES string of the molecule is COc1ccccc1CCC(=O)OCC(=O)Nc1ccccc1C(=O)NCc1ccc(C)cc1. The number of amides is 2. The number of methoxy groups -OCH3 is 1. The maximum absolute atomic E-state index is 12.7. The average molecular weight is 461 g/mol. The van der Waals surface area contributed by atoms with Crippen LogP contribution in [0.3, 0.4) is 0 Å². The van der Waals surface area contributed by atoms with Crippen molar-refractivity contribution in [1.29, 1.82) is 0 Å². The molecule has 0 fully saturated rings. The van der Waals surface area contributed by atoms with Gasteiger partial charge in [-0.05, 0) is 42.7 Å². The van der Waals surface area contributed by atoms with Crippen LogP contribution in [0.1, 0.15) is 33.5 Å². The largest absolute Gasteiger partial charge is 0.496 e. The molecule has 0 unspecified atom stereocenters. The number of nitrogens with one attached hydrogen (secondary N) is 2. The van der Waals surface area contributed by atoms with Gasteiger partial charge in [0.15, 0.2) is 6.61 Å². The zero-order valence-corrected chi connectivity index (χ0v) is 19.3. The van der Waals surface area contributed by atoms with Crippen molar-refractivity contribution in [2.24, 2.45) is 0 Å². The van der Waals surface area contributed by atoms with Gasteiger partial charge in [-0.3, -0.25) is 14.4 Å². The van der Waals surface area contributed by atoms with Crippen LogP contribution >= 0.6 is 0 Å². The lowest BCUT2D eigenvalue weighted by atomic mass is 10.1. The van der Waals surface area contributed by atoms with E-state index in [1.807, 2.05) is 55.5 Å². The predicted octanol–water partition coefficient (Wildman–Crippen LogP) is 4.05. The van der Waals surface area contributed by atoms with Crippen LogP contribution < -0.4 is 15.4 Å². The number of carbonyl (C=O) groups is 3. The molecule has 0 heterocycles. The number of carbonyl (C=O) groups excluding carboxylic acids is 3. The topological polar surface area (TPSA) is 93.7 Å². The zero-order chi connectivity index (χ0) is 24.3. The van der Waals surface area contributed by atoms with Gasteiger partial charge in [0.2, 0.25) is 0 Å². The van der Waals surface area contributed by atoms with E-state index in [2.05, 4.69) is 10.6 Å². The number of benzene rings is 3. The third-order valence-corrected chi connectivity index (χ3v) is 5.17. The average Bonchev–Trinajstić information content (AvgIpc) is 2.86. The number of aryl methyl sites for hydroxylation is 2. The van der Waals surface area contributed by atoms with E-state index in [4.69, 9.17) is 9.47 Å². The molecule has 3 aromatic carbocycles. The number of anilines is 1. The fourth-order valence-electron chi connectivity index (χ4n) is 3.32. The molecule has 0 radical (unpaired) electrons. The molecule has 0 spiro atoms. The van der Waals surface area contributed by atoms with Crippen molar-refractivity contribution in [3.8, 4) is 5.75 Å². The molecule has 0 aliphatic heterocycles. The molecule has 34 heavy (non-hydrogen) atoms. The molecule has 0 atom stereocenters. The Balaban J connectivity index is 1.49. The van der Waals surface area contributed by atoms with Crippen LogP contribution in [0.15, 0.2) is 72.8 Å². The Morgan fingerprint density at radius 1 is 0.882 bits per heavy atom. The second-order valence-corrected chi connectivity index (χ2v) is 7.73. The molecule has 7 nitrogen and oxygen atoms in total. The maximum atomic E-state index is 12.7. The van der Waals surface area contributed by atoms with Crippen molar-refractivity contribution >= 4 is 23.5 Å². The zero-order valence-electron chi connectivity index (χ0n) is 19.3. The molecular weight excluding hydrogens is 432 g/mol. The molecule has 2 N–H and O–H groups in total. The van der Waals surface area contributed by atoms with Gasteiger partial charge in [0.05, 0.1) is 18.4 Å². The highest BCUT2D eigenvalue weighted by atomic mass is 16.5. The summed E-state index contributed by atoms with van der Waals surface area (Å²) in [6.45, 7) is 1.92. The number of ether oxygens (including phenoxy) is 2. The van der Waals surface area contributed by atoms with E-state index in [9.17, 15) is 14.4 Å². The lowest BCUT2D eigenvalue weighted by Gasteiger charge is -2.12. The number of para-hydroxylation sites is 2. The molecule has 0 saturated heterocycles. The van der Waals surface area contributed by atoms with Crippen LogP contribution in [0, 0.1) is 6.92 Å². The van der Waals surface area contributed by atoms with E-state index in [-0.39, 0.29) is 12.3 Å². The van der Waals surface area contributed by atoms with Crippen LogP contribution in [0.5, 0.6) is 5.75 Å². The summed E-state index contributed by atoms with van der Waals surface area (Å²) in [6, 6.07) is 22.0. The van der Waals surface area contributed by atoms with E-state index in [1.165, 1.54) is 0 Å². The van der Waals surface area contributed by atoms with E-state index >= 15 is 0 Å². The molecule has 176 valence electrons. The fourth-order valence-corrected chi connectivity index (χ4v) is 3.32. The predicted molar refractivity (Wildman–Crippen MR) is 130 cm³/mol. The van der Waals surface area contributed by atoms with E-state index < -0.39 is 18.5 Å². The van der Waals surface area contributed by atoms with Crippen LogP contribution in [0.4, 0.5) is 5.69 Å². The molecule has 2 amide bonds. The summed E-state index contributed by atoms with van der Waals surface area (Å²) in [5.41, 5.74) is 3.67. The van der Waals surface area contributed by atoms with Gasteiger partial charge < -0.3 is 20.1 Å². The Bertz CT molecular complexity index is 1140. The van der Waals surface area contributed by atoms with E-state index in [0.29, 0.717) is 30.0 Å². The third-order valence-electron chi connectivity index (χ3n) is 5.17. The number of rotatable bonds is 10. The highest BCUT2D eigenvalue weighted by Crippen LogP contribution is 2.19. The monoisotopic (exact) mass is 460 g/mol. The number of hydrogen-bond donors (Lipinski definition) is 2. The number of esters is 1. The summed E-state index contributed by atoms with van der Waals surface area (Å²) in [5, 5.41) is 5.50. The van der Waals surface area contributed by atoms with Crippen molar-refractivity contribution in [1.82, 2.24) is 5.32 Å². The molecule has 0 aromatic heterocycles. The van der Waals surface area contributed by atoms with Crippen molar-refractivity contribution in [2.75, 3.05) is 19.0 Å². The van der Waals surface area contributed by atoms with Crippen LogP contribution in [-0.2, 0) is 27.3 Å². The van der Waals surface area contributed by atoms with Gasteiger partial charge in [-0.1, -0.05) is 60.2 Å². The van der Waals surface area contributed by atoms with Crippen LogP contribution in [-0.4, -0.2) is 31.5 Å². The summed E-state index contributed by atoms with van der Waals surface area (Å²) < 4.78 is 10.4. The number of hydrogen-bond acceptors (Lipinski definition) is 5. The van der Waals surface area contributed by atoms with Gasteiger partial charge in [-0.25, -0.2) is 0 Å². The highest BCUT2D eigenvalue weighted by Gasteiger charge is 2.15. The Morgan fingerprint density at radius 3 is 2.35 bits per heavy atom. The molecule has 3 rings (SSSR count). The lowest BCUT2D eigenvalue weighted by Crippen LogP contribution is -2.26. The van der Waals surface area contributed by atoms with Crippen molar-refractivity contribution in [3.63, 3.8) is 0 Å². The minimum atomic E-state index is -0.524. The first kappa shape index (κ1) is 24.5. The summed E-state index contributed by atoms with van der Waals surface area (Å²) >= 11 is 0. The van der Waals surface area contributed by atoms with Gasteiger partial charge in [-0.15, -0.1) is 0 Å². The molecule has 0 bridgehead atoms. The Kier molecular flexibility index (Phi) is 8.80. The molecule has 7 heteroatoms. The molecular formula is C27H28N2O5. The van der Waals surface area contributed by atoms with Gasteiger partial charge in [0.25, 0.3) is 11.8 Å². The van der Waals surface area contributed by atoms with Crippen molar-refractivity contribution in [3.05, 3.63) is 95.1 Å². The molecule has 3 aromatic rings. The highest BCUT2D eigenvalue weighted by molar-refractivity contribution is 6.04. The van der Waals surface area contributed by atoms with Crippen LogP contribution in [0.2, 0.25) is 0 Å². The van der Waals surface area contributed by atoms with Gasteiger partial charge in [0.1, 0.15) is 5.75 Å². The second-order valence-electron chi connectivity index (χ2n) is 7.73. The maximum Gasteiger partial charge on any atom is 0.306 e. The summed E-state index contributed by atoms with van der Waals surface area (Å²) in [7, 11) is 1.57. The summed E-state index contributed by atoms with van der Waals surface area (Å²) in [5.74, 6) is -0.634. The van der Waals surface area contributed by atoms with Crippen molar-refractivity contribution in [2.45, 2.75) is 26.3 Å². The summed E-state index contributed by atoms with van der Waals surface area (Å²) in [6.07, 6.45) is 0.556. The second kappa shape index (κ2) is 12.2. The Hall–Kier alpha value is -4.13. The minimum absolute atomic E-state index is 0.117. The lowest BCUT2D eigenvalue weighted by molar-refractivity contribution is -0.147. The molecule has 0 aliphatic rings. The van der Waals surface area contributed by atoms with Crippen LogP contribution in [0.25, 0.3) is 0 Å². The smallest absolute Gasteiger partial charge is 0.306 e. The van der Waals surface area contributed by atoms with E-state index in [1.54, 1.807) is 31.4 Å². The Morgan fingerprint density at radius 2 is 1.59 bits per heavy atom. The quantitative estimate of drug-likeness (QED) is 0.445. The molecule has 0 aliphatic carbocycles. The first-order valence-electron chi connectivity index (χ1n) is 11.0. The fraction of sp³-hybridized carbons (Fsp3) is 0.222.